The van der Waals surface area contributed by atoms with E-state index in [0.717, 1.165) is 33.3 Å². The summed E-state index contributed by atoms with van der Waals surface area (Å²) < 4.78 is 5.48. The predicted molar refractivity (Wildman–Crippen MR) is 93.9 cm³/mol. The van der Waals surface area contributed by atoms with Gasteiger partial charge in [-0.1, -0.05) is 48.0 Å². The number of ether oxygens (including phenoxy) is 1. The lowest BCUT2D eigenvalue weighted by Gasteiger charge is -2.08. The molecule has 0 bridgehead atoms. The van der Waals surface area contributed by atoms with Gasteiger partial charge in [-0.3, -0.25) is 4.99 Å². The predicted octanol–water partition coefficient (Wildman–Crippen LogP) is 5.56. The average molecular weight is 310 g/mol. The first-order valence-corrected chi connectivity index (χ1v) is 7.43. The molecule has 0 saturated heterocycles. The standard InChI is InChI=1S/C19H16ClNO/c1-13-7-9-15(20)11-18(13)21-12-17-16-6-4-3-5-14(16)8-10-19(17)22-2/h3-12H,1-2H3. The van der Waals surface area contributed by atoms with Crippen LogP contribution >= 0.6 is 11.6 Å². The van der Waals surface area contributed by atoms with E-state index in [2.05, 4.69) is 23.2 Å². The maximum Gasteiger partial charge on any atom is 0.128 e. The molecule has 2 nitrogen and oxygen atoms in total. The number of benzene rings is 3. The topological polar surface area (TPSA) is 21.6 Å². The number of rotatable bonds is 3. The summed E-state index contributed by atoms with van der Waals surface area (Å²) in [7, 11) is 1.67. The summed E-state index contributed by atoms with van der Waals surface area (Å²) in [5.41, 5.74) is 2.92. The van der Waals surface area contributed by atoms with Crippen molar-refractivity contribution in [3.63, 3.8) is 0 Å². The zero-order valence-corrected chi connectivity index (χ0v) is 13.3. The molecule has 0 aliphatic heterocycles. The number of methoxy groups -OCH3 is 1. The Morgan fingerprint density at radius 1 is 1.05 bits per heavy atom. The Kier molecular flexibility index (Phi) is 4.12. The molecule has 0 atom stereocenters. The van der Waals surface area contributed by atoms with Crippen LogP contribution in [0, 0.1) is 6.92 Å². The number of hydrogen-bond donors (Lipinski definition) is 0. The van der Waals surface area contributed by atoms with E-state index >= 15 is 0 Å². The molecular formula is C19H16ClNO. The van der Waals surface area contributed by atoms with E-state index in [1.807, 2.05) is 49.5 Å². The lowest BCUT2D eigenvalue weighted by molar-refractivity contribution is 0.415. The highest BCUT2D eigenvalue weighted by Gasteiger charge is 2.06. The number of nitrogens with zero attached hydrogens (tertiary/aromatic N) is 1. The molecular weight excluding hydrogens is 294 g/mol. The van der Waals surface area contributed by atoms with Gasteiger partial charge in [0, 0.05) is 16.8 Å². The summed E-state index contributed by atoms with van der Waals surface area (Å²) >= 11 is 6.05. The van der Waals surface area contributed by atoms with Crippen LogP contribution in [0.5, 0.6) is 5.75 Å². The van der Waals surface area contributed by atoms with Crippen LogP contribution in [-0.2, 0) is 0 Å². The van der Waals surface area contributed by atoms with Gasteiger partial charge < -0.3 is 4.74 Å². The molecule has 0 aliphatic carbocycles. The van der Waals surface area contributed by atoms with E-state index in [9.17, 15) is 0 Å². The third kappa shape index (κ3) is 2.83. The largest absolute Gasteiger partial charge is 0.496 e. The smallest absolute Gasteiger partial charge is 0.128 e. The SMILES string of the molecule is COc1ccc2ccccc2c1C=Nc1cc(Cl)ccc1C. The summed E-state index contributed by atoms with van der Waals surface area (Å²) in [5.74, 6) is 0.808. The Bertz CT molecular complexity index is 855. The molecule has 22 heavy (non-hydrogen) atoms. The highest BCUT2D eigenvalue weighted by atomic mass is 35.5. The normalized spacial score (nSPS) is 11.2. The molecule has 0 radical (unpaired) electrons. The highest BCUT2D eigenvalue weighted by molar-refractivity contribution is 6.30. The Hall–Kier alpha value is -2.32. The van der Waals surface area contributed by atoms with Crippen LogP contribution in [0.2, 0.25) is 5.02 Å². The van der Waals surface area contributed by atoms with Crippen molar-refractivity contribution in [1.82, 2.24) is 0 Å². The number of aliphatic imine (C=N–C) groups is 1. The molecule has 0 spiro atoms. The highest BCUT2D eigenvalue weighted by Crippen LogP contribution is 2.28. The van der Waals surface area contributed by atoms with Gasteiger partial charge in [0.15, 0.2) is 0 Å². The van der Waals surface area contributed by atoms with Crippen molar-refractivity contribution < 1.29 is 4.74 Å². The second-order valence-electron chi connectivity index (χ2n) is 5.09. The van der Waals surface area contributed by atoms with Crippen LogP contribution < -0.4 is 4.74 Å². The number of aryl methyl sites for hydroxylation is 1. The van der Waals surface area contributed by atoms with Gasteiger partial charge in [0.2, 0.25) is 0 Å². The summed E-state index contributed by atoms with van der Waals surface area (Å²) in [6, 6.07) is 17.9. The summed E-state index contributed by atoms with van der Waals surface area (Å²) in [6.07, 6.45) is 1.85. The van der Waals surface area contributed by atoms with E-state index in [1.165, 1.54) is 0 Å². The van der Waals surface area contributed by atoms with Crippen molar-refractivity contribution in [2.75, 3.05) is 7.11 Å². The fourth-order valence-corrected chi connectivity index (χ4v) is 2.61. The fourth-order valence-electron chi connectivity index (χ4n) is 2.44. The number of fused-ring (bicyclic) bond motifs is 1. The summed E-state index contributed by atoms with van der Waals surface area (Å²) in [6.45, 7) is 2.02. The quantitative estimate of drug-likeness (QED) is 0.580. The Morgan fingerprint density at radius 3 is 2.68 bits per heavy atom. The maximum absolute atomic E-state index is 6.05. The van der Waals surface area contributed by atoms with Gasteiger partial charge in [-0.2, -0.15) is 0 Å². The van der Waals surface area contributed by atoms with E-state index in [1.54, 1.807) is 7.11 Å². The minimum absolute atomic E-state index is 0.683. The molecule has 0 unspecified atom stereocenters. The van der Waals surface area contributed by atoms with Crippen LogP contribution in [0.3, 0.4) is 0 Å². The van der Waals surface area contributed by atoms with Crippen LogP contribution in [0.1, 0.15) is 11.1 Å². The molecule has 3 aromatic rings. The van der Waals surface area contributed by atoms with Gasteiger partial charge in [0.1, 0.15) is 5.75 Å². The number of halogens is 1. The number of hydrogen-bond acceptors (Lipinski definition) is 2. The van der Waals surface area contributed by atoms with E-state index in [0.29, 0.717) is 5.02 Å². The Labute approximate surface area is 135 Å². The average Bonchev–Trinajstić information content (AvgIpc) is 2.55. The zero-order chi connectivity index (χ0) is 15.5. The third-order valence-corrected chi connectivity index (χ3v) is 3.89. The maximum atomic E-state index is 6.05. The monoisotopic (exact) mass is 309 g/mol. The first-order chi connectivity index (χ1) is 10.7. The molecule has 3 rings (SSSR count). The molecule has 0 amide bonds. The van der Waals surface area contributed by atoms with Crippen molar-refractivity contribution in [2.24, 2.45) is 4.99 Å². The molecule has 0 saturated carbocycles. The molecule has 3 aromatic carbocycles. The van der Waals surface area contributed by atoms with Crippen LogP contribution in [-0.4, -0.2) is 13.3 Å². The van der Waals surface area contributed by atoms with E-state index in [4.69, 9.17) is 16.3 Å². The third-order valence-electron chi connectivity index (χ3n) is 3.65. The molecule has 0 aliphatic rings. The van der Waals surface area contributed by atoms with Crippen molar-refractivity contribution in [3.05, 3.63) is 70.7 Å². The molecule has 0 fully saturated rings. The van der Waals surface area contributed by atoms with Gasteiger partial charge in [-0.15, -0.1) is 0 Å². The molecule has 0 aromatic heterocycles. The molecule has 0 heterocycles. The molecule has 3 heteroatoms. The molecule has 0 N–H and O–H groups in total. The first-order valence-electron chi connectivity index (χ1n) is 7.05. The van der Waals surface area contributed by atoms with Gasteiger partial charge in [0.05, 0.1) is 12.8 Å². The van der Waals surface area contributed by atoms with E-state index < -0.39 is 0 Å². The van der Waals surface area contributed by atoms with Crippen LogP contribution in [0.25, 0.3) is 10.8 Å². The van der Waals surface area contributed by atoms with Gasteiger partial charge >= 0.3 is 0 Å². The van der Waals surface area contributed by atoms with Crippen molar-refractivity contribution in [3.8, 4) is 5.75 Å². The van der Waals surface area contributed by atoms with Gasteiger partial charge in [-0.25, -0.2) is 0 Å². The lowest BCUT2D eigenvalue weighted by atomic mass is 10.0. The second kappa shape index (κ2) is 6.20. The Balaban J connectivity index is 2.13. The van der Waals surface area contributed by atoms with Crippen molar-refractivity contribution >= 4 is 34.3 Å². The van der Waals surface area contributed by atoms with Crippen molar-refractivity contribution in [1.29, 1.82) is 0 Å². The van der Waals surface area contributed by atoms with E-state index in [-0.39, 0.29) is 0 Å². The van der Waals surface area contributed by atoms with Crippen molar-refractivity contribution in [2.45, 2.75) is 6.92 Å². The minimum atomic E-state index is 0.683. The zero-order valence-electron chi connectivity index (χ0n) is 12.5. The van der Waals surface area contributed by atoms with Crippen LogP contribution in [0.4, 0.5) is 5.69 Å². The lowest BCUT2D eigenvalue weighted by Crippen LogP contribution is -1.92. The minimum Gasteiger partial charge on any atom is -0.496 e. The van der Waals surface area contributed by atoms with Gasteiger partial charge in [0.25, 0.3) is 0 Å². The van der Waals surface area contributed by atoms with Crippen LogP contribution in [0.15, 0.2) is 59.6 Å². The Morgan fingerprint density at radius 2 is 1.86 bits per heavy atom. The summed E-state index contributed by atoms with van der Waals surface area (Å²) in [5, 5.41) is 2.96. The second-order valence-corrected chi connectivity index (χ2v) is 5.53. The first kappa shape index (κ1) is 14.6. The fraction of sp³-hybridized carbons (Fsp3) is 0.105. The van der Waals surface area contributed by atoms with Gasteiger partial charge in [-0.05, 0) is 41.5 Å². The summed E-state index contributed by atoms with van der Waals surface area (Å²) in [4.78, 5) is 4.61. The molecule has 110 valence electrons.